The molecule has 1 heterocycles. The van der Waals surface area contributed by atoms with Crippen LogP contribution in [0.4, 0.5) is 26.2 Å². The lowest BCUT2D eigenvalue weighted by molar-refractivity contribution is 0.257. The van der Waals surface area contributed by atoms with E-state index in [0.717, 1.165) is 24.3 Å². The number of fused-ring (bicyclic) bond motifs is 1. The Hall–Kier alpha value is -2.56. The molecule has 2 aromatic carbocycles. The second kappa shape index (κ2) is 5.83. The predicted molar refractivity (Wildman–Crippen MR) is 82.3 cm³/mol. The van der Waals surface area contributed by atoms with Crippen molar-refractivity contribution in [3.63, 3.8) is 0 Å². The zero-order valence-corrected chi connectivity index (χ0v) is 11.5. The summed E-state index contributed by atoms with van der Waals surface area (Å²) in [7, 11) is 0. The molecule has 0 fully saturated rings. The molecule has 0 atom stereocenters. The van der Waals surface area contributed by atoms with Crippen LogP contribution in [-0.2, 0) is 0 Å². The van der Waals surface area contributed by atoms with Gasteiger partial charge in [0.2, 0.25) is 0 Å². The van der Waals surface area contributed by atoms with Gasteiger partial charge < -0.3 is 10.6 Å². The van der Waals surface area contributed by atoms with Crippen LogP contribution in [0.3, 0.4) is 0 Å². The number of benzene rings is 2. The minimum absolute atomic E-state index is 0.192. The molecular formula is C16H16FN3O. The maximum Gasteiger partial charge on any atom is 0.326 e. The van der Waals surface area contributed by atoms with E-state index in [-0.39, 0.29) is 11.7 Å². The van der Waals surface area contributed by atoms with Gasteiger partial charge in [0.15, 0.2) is 0 Å². The van der Waals surface area contributed by atoms with Crippen molar-refractivity contribution in [2.24, 2.45) is 0 Å². The Morgan fingerprint density at radius 2 is 1.90 bits per heavy atom. The van der Waals surface area contributed by atoms with Gasteiger partial charge in [0.25, 0.3) is 0 Å². The van der Waals surface area contributed by atoms with Crippen LogP contribution >= 0.6 is 0 Å². The Kier molecular flexibility index (Phi) is 3.73. The van der Waals surface area contributed by atoms with Crippen LogP contribution < -0.4 is 15.5 Å². The second-order valence-corrected chi connectivity index (χ2v) is 4.86. The van der Waals surface area contributed by atoms with Gasteiger partial charge >= 0.3 is 6.03 Å². The van der Waals surface area contributed by atoms with Crippen LogP contribution in [-0.4, -0.2) is 19.1 Å². The highest BCUT2D eigenvalue weighted by atomic mass is 19.1. The third kappa shape index (κ3) is 2.81. The fourth-order valence-corrected chi connectivity index (χ4v) is 2.40. The molecule has 2 amide bonds. The smallest absolute Gasteiger partial charge is 0.326 e. The van der Waals surface area contributed by atoms with Crippen molar-refractivity contribution in [2.75, 3.05) is 28.6 Å². The fourth-order valence-electron chi connectivity index (χ4n) is 2.40. The predicted octanol–water partition coefficient (Wildman–Crippen LogP) is 3.68. The minimum Gasteiger partial charge on any atom is -0.383 e. The average molecular weight is 285 g/mol. The third-order valence-electron chi connectivity index (χ3n) is 3.43. The summed E-state index contributed by atoms with van der Waals surface area (Å²) in [5, 5.41) is 5.92. The van der Waals surface area contributed by atoms with Crippen LogP contribution in [0.2, 0.25) is 0 Å². The normalized spacial score (nSPS) is 13.9. The first-order valence-corrected chi connectivity index (χ1v) is 6.91. The van der Waals surface area contributed by atoms with Crippen LogP contribution in [0.5, 0.6) is 0 Å². The summed E-state index contributed by atoms with van der Waals surface area (Å²) >= 11 is 0. The van der Waals surface area contributed by atoms with Crippen molar-refractivity contribution in [2.45, 2.75) is 6.42 Å². The monoisotopic (exact) mass is 285 g/mol. The Labute approximate surface area is 122 Å². The van der Waals surface area contributed by atoms with Crippen LogP contribution in [0, 0.1) is 5.82 Å². The van der Waals surface area contributed by atoms with Crippen molar-refractivity contribution in [1.29, 1.82) is 0 Å². The number of anilines is 3. The first-order valence-electron chi connectivity index (χ1n) is 6.91. The molecule has 4 nitrogen and oxygen atoms in total. The Morgan fingerprint density at radius 3 is 2.76 bits per heavy atom. The van der Waals surface area contributed by atoms with E-state index in [9.17, 15) is 9.18 Å². The summed E-state index contributed by atoms with van der Waals surface area (Å²) in [6, 6.07) is 13.5. The fraction of sp³-hybridized carbons (Fsp3) is 0.188. The molecule has 0 saturated carbocycles. The van der Waals surface area contributed by atoms with Crippen molar-refractivity contribution in [1.82, 2.24) is 0 Å². The number of urea groups is 1. The van der Waals surface area contributed by atoms with Crippen molar-refractivity contribution in [3.05, 3.63) is 54.3 Å². The lowest BCUT2D eigenvalue weighted by atomic mass is 10.2. The van der Waals surface area contributed by atoms with E-state index in [1.807, 2.05) is 24.3 Å². The van der Waals surface area contributed by atoms with E-state index in [1.54, 1.807) is 23.1 Å². The number of nitrogens with zero attached hydrogens (tertiary/aromatic N) is 1. The lowest BCUT2D eigenvalue weighted by Crippen LogP contribution is -2.35. The third-order valence-corrected chi connectivity index (χ3v) is 3.43. The molecule has 0 spiro atoms. The first kappa shape index (κ1) is 13.4. The largest absolute Gasteiger partial charge is 0.383 e. The number of carbonyl (C=O) groups is 1. The summed E-state index contributed by atoms with van der Waals surface area (Å²) < 4.78 is 13.6. The Morgan fingerprint density at radius 1 is 1.14 bits per heavy atom. The molecular weight excluding hydrogens is 269 g/mol. The second-order valence-electron chi connectivity index (χ2n) is 4.86. The summed E-state index contributed by atoms with van der Waals surface area (Å²) in [4.78, 5) is 14.1. The van der Waals surface area contributed by atoms with Gasteiger partial charge in [-0.2, -0.15) is 0 Å². The molecule has 0 aliphatic carbocycles. The van der Waals surface area contributed by atoms with Crippen LogP contribution in [0.1, 0.15) is 6.42 Å². The van der Waals surface area contributed by atoms with E-state index < -0.39 is 5.82 Å². The summed E-state index contributed by atoms with van der Waals surface area (Å²) in [5.74, 6) is -0.438. The van der Waals surface area contributed by atoms with Gasteiger partial charge in [0.05, 0.1) is 17.1 Å². The number of amides is 2. The van der Waals surface area contributed by atoms with Gasteiger partial charge in [-0.1, -0.05) is 24.3 Å². The van der Waals surface area contributed by atoms with Crippen molar-refractivity contribution >= 4 is 23.1 Å². The van der Waals surface area contributed by atoms with Crippen LogP contribution in [0.15, 0.2) is 48.5 Å². The number of rotatable bonds is 1. The maximum absolute atomic E-state index is 13.6. The Balaban J connectivity index is 1.86. The molecule has 1 aliphatic rings. The van der Waals surface area contributed by atoms with Crippen molar-refractivity contribution in [3.8, 4) is 0 Å². The first-order chi connectivity index (χ1) is 10.3. The van der Waals surface area contributed by atoms with E-state index in [1.165, 1.54) is 6.07 Å². The van der Waals surface area contributed by atoms with E-state index in [2.05, 4.69) is 10.6 Å². The Bertz CT molecular complexity index is 659. The van der Waals surface area contributed by atoms with E-state index in [0.29, 0.717) is 6.54 Å². The quantitative estimate of drug-likeness (QED) is 0.839. The van der Waals surface area contributed by atoms with E-state index in [4.69, 9.17) is 0 Å². The summed E-state index contributed by atoms with van der Waals surface area (Å²) in [6.45, 7) is 1.39. The number of nitrogens with one attached hydrogen (secondary N) is 2. The maximum atomic E-state index is 13.6. The minimum atomic E-state index is -0.438. The highest BCUT2D eigenvalue weighted by Crippen LogP contribution is 2.28. The number of hydrogen-bond donors (Lipinski definition) is 2. The van der Waals surface area contributed by atoms with Gasteiger partial charge in [-0.05, 0) is 30.7 Å². The molecule has 2 aromatic rings. The number of para-hydroxylation sites is 3. The highest BCUT2D eigenvalue weighted by Gasteiger charge is 2.21. The van der Waals surface area contributed by atoms with Gasteiger partial charge in [-0.15, -0.1) is 0 Å². The number of halogens is 1. The molecule has 0 radical (unpaired) electrons. The molecule has 0 aromatic heterocycles. The standard InChI is InChI=1S/C16H16FN3O/c17-12-6-1-2-7-13(12)19-16(21)20-11-5-10-18-14-8-3-4-9-15(14)20/h1-4,6-9,18H,5,10-11H2,(H,19,21). The van der Waals surface area contributed by atoms with Gasteiger partial charge in [0, 0.05) is 13.1 Å². The summed E-state index contributed by atoms with van der Waals surface area (Å²) in [6.07, 6.45) is 0.833. The number of hydrogen-bond acceptors (Lipinski definition) is 2. The van der Waals surface area contributed by atoms with Gasteiger partial charge in [0.1, 0.15) is 5.82 Å². The van der Waals surface area contributed by atoms with Gasteiger partial charge in [-0.3, -0.25) is 4.90 Å². The lowest BCUT2D eigenvalue weighted by Gasteiger charge is -2.22. The highest BCUT2D eigenvalue weighted by molar-refractivity contribution is 6.04. The molecule has 0 saturated heterocycles. The molecule has 1 aliphatic heterocycles. The number of carbonyl (C=O) groups excluding carboxylic acids is 1. The summed E-state index contributed by atoms with van der Waals surface area (Å²) in [5.41, 5.74) is 1.92. The molecule has 5 heteroatoms. The average Bonchev–Trinajstić information content (AvgIpc) is 2.72. The molecule has 108 valence electrons. The molecule has 0 bridgehead atoms. The van der Waals surface area contributed by atoms with E-state index >= 15 is 0 Å². The zero-order valence-electron chi connectivity index (χ0n) is 11.5. The zero-order chi connectivity index (χ0) is 14.7. The molecule has 3 rings (SSSR count). The molecule has 0 unspecified atom stereocenters. The van der Waals surface area contributed by atoms with Crippen LogP contribution in [0.25, 0.3) is 0 Å². The molecule has 21 heavy (non-hydrogen) atoms. The van der Waals surface area contributed by atoms with Gasteiger partial charge in [-0.25, -0.2) is 9.18 Å². The molecule has 2 N–H and O–H groups in total. The SMILES string of the molecule is O=C(Nc1ccccc1F)N1CCCNc2ccccc21. The van der Waals surface area contributed by atoms with Crippen molar-refractivity contribution < 1.29 is 9.18 Å². The topological polar surface area (TPSA) is 44.4 Å².